The molecule has 5 nitrogen and oxygen atoms in total. The first-order valence-corrected chi connectivity index (χ1v) is 5.04. The highest BCUT2D eigenvalue weighted by molar-refractivity contribution is 5.91. The van der Waals surface area contributed by atoms with Crippen LogP contribution in [0, 0.1) is 6.92 Å². The lowest BCUT2D eigenvalue weighted by Crippen LogP contribution is -2.09. The van der Waals surface area contributed by atoms with Gasteiger partial charge in [-0.25, -0.2) is 4.98 Å². The highest BCUT2D eigenvalue weighted by Crippen LogP contribution is 2.11. The van der Waals surface area contributed by atoms with E-state index in [0.717, 1.165) is 5.56 Å². The first kappa shape index (κ1) is 11.1. The number of aryl methyl sites for hydroxylation is 1. The van der Waals surface area contributed by atoms with Gasteiger partial charge in [0.15, 0.2) is 0 Å². The topological polar surface area (TPSA) is 88.8 Å². The van der Waals surface area contributed by atoms with Crippen molar-refractivity contribution in [2.24, 2.45) is 5.73 Å². The summed E-state index contributed by atoms with van der Waals surface area (Å²) in [6, 6.07) is 5.17. The molecule has 1 amide bonds. The summed E-state index contributed by atoms with van der Waals surface area (Å²) in [5.41, 5.74) is 6.16. The van der Waals surface area contributed by atoms with Gasteiger partial charge in [0.2, 0.25) is 5.91 Å². The maximum atomic E-state index is 11.7. The smallest absolute Gasteiger partial charge is 0.258 e. The minimum atomic E-state index is -0.527. The van der Waals surface area contributed by atoms with Crippen molar-refractivity contribution in [3.8, 4) is 0 Å². The molecule has 5 heteroatoms. The Bertz CT molecular complexity index is 671. The third kappa shape index (κ3) is 2.39. The van der Waals surface area contributed by atoms with Gasteiger partial charge in [-0.2, -0.15) is 0 Å². The van der Waals surface area contributed by atoms with Gasteiger partial charge in [0.1, 0.15) is 5.82 Å². The van der Waals surface area contributed by atoms with Gasteiger partial charge in [-0.15, -0.1) is 0 Å². The second-order valence-electron chi connectivity index (χ2n) is 3.66. The van der Waals surface area contributed by atoms with Gasteiger partial charge in [-0.1, -0.05) is 6.07 Å². The van der Waals surface area contributed by atoms with E-state index < -0.39 is 5.91 Å². The Morgan fingerprint density at radius 2 is 2.24 bits per heavy atom. The van der Waals surface area contributed by atoms with Crippen LogP contribution in [0.25, 0.3) is 17.0 Å². The molecule has 0 atom stereocenters. The summed E-state index contributed by atoms with van der Waals surface area (Å²) in [7, 11) is 0. The Labute approximate surface area is 97.0 Å². The molecule has 0 aliphatic rings. The van der Waals surface area contributed by atoms with Gasteiger partial charge < -0.3 is 10.7 Å². The number of aromatic nitrogens is 2. The third-order valence-corrected chi connectivity index (χ3v) is 2.29. The van der Waals surface area contributed by atoms with Gasteiger partial charge in [0.05, 0.1) is 10.9 Å². The minimum Gasteiger partial charge on any atom is -0.366 e. The van der Waals surface area contributed by atoms with Gasteiger partial charge in [-0.05, 0) is 30.7 Å². The van der Waals surface area contributed by atoms with Crippen molar-refractivity contribution >= 4 is 22.9 Å². The Balaban J connectivity index is 2.58. The van der Waals surface area contributed by atoms with Gasteiger partial charge >= 0.3 is 0 Å². The Kier molecular flexibility index (Phi) is 2.74. The molecule has 1 aromatic carbocycles. The van der Waals surface area contributed by atoms with Crippen LogP contribution >= 0.6 is 0 Å². The number of carbonyl (C=O) groups is 1. The zero-order valence-corrected chi connectivity index (χ0v) is 9.23. The Hall–Kier alpha value is -2.43. The fourth-order valence-electron chi connectivity index (χ4n) is 1.56. The standard InChI is InChI=1S/C12H11N3O2/c1-7-14-10-4-2-8(3-5-11(13)16)6-9(10)12(17)15-7/h2-6H,1H3,(H2,13,16)(H,14,15,17). The SMILES string of the molecule is Cc1nc2ccc(C=CC(N)=O)cc2c(=O)[nH]1. The summed E-state index contributed by atoms with van der Waals surface area (Å²) in [4.78, 5) is 29.1. The minimum absolute atomic E-state index is 0.193. The number of amides is 1. The van der Waals surface area contributed by atoms with Crippen molar-refractivity contribution in [3.05, 3.63) is 46.0 Å². The van der Waals surface area contributed by atoms with Crippen LogP contribution in [0.15, 0.2) is 29.1 Å². The first-order valence-electron chi connectivity index (χ1n) is 5.04. The number of aromatic amines is 1. The van der Waals surface area contributed by atoms with E-state index in [4.69, 9.17) is 5.73 Å². The molecule has 2 rings (SSSR count). The van der Waals surface area contributed by atoms with E-state index in [1.54, 1.807) is 31.2 Å². The fourth-order valence-corrected chi connectivity index (χ4v) is 1.56. The van der Waals surface area contributed by atoms with Crippen molar-refractivity contribution < 1.29 is 4.79 Å². The molecular weight excluding hydrogens is 218 g/mol. The largest absolute Gasteiger partial charge is 0.366 e. The summed E-state index contributed by atoms with van der Waals surface area (Å²) in [5.74, 6) is 0.0453. The van der Waals surface area contributed by atoms with Crippen LogP contribution in [-0.4, -0.2) is 15.9 Å². The molecule has 1 aromatic heterocycles. The molecule has 0 saturated heterocycles. The zero-order chi connectivity index (χ0) is 12.4. The Morgan fingerprint density at radius 3 is 2.94 bits per heavy atom. The number of nitrogens with two attached hydrogens (primary N) is 1. The van der Waals surface area contributed by atoms with Gasteiger partial charge in [0.25, 0.3) is 5.56 Å². The number of carbonyl (C=O) groups excluding carboxylic acids is 1. The van der Waals surface area contributed by atoms with Crippen LogP contribution in [0.1, 0.15) is 11.4 Å². The summed E-state index contributed by atoms with van der Waals surface area (Å²) in [6.45, 7) is 1.72. The third-order valence-electron chi connectivity index (χ3n) is 2.29. The number of hydrogen-bond donors (Lipinski definition) is 2. The second-order valence-corrected chi connectivity index (χ2v) is 3.66. The van der Waals surface area contributed by atoms with E-state index in [2.05, 4.69) is 9.97 Å². The molecule has 0 fully saturated rings. The molecule has 2 aromatic rings. The van der Waals surface area contributed by atoms with Gasteiger partial charge in [0, 0.05) is 6.08 Å². The molecule has 0 aliphatic heterocycles. The molecule has 86 valence electrons. The normalized spacial score (nSPS) is 11.1. The maximum Gasteiger partial charge on any atom is 0.258 e. The maximum absolute atomic E-state index is 11.7. The molecule has 0 radical (unpaired) electrons. The van der Waals surface area contributed by atoms with Crippen LogP contribution in [0.5, 0.6) is 0 Å². The molecule has 0 bridgehead atoms. The summed E-state index contributed by atoms with van der Waals surface area (Å²) >= 11 is 0. The predicted octanol–water partition coefficient (Wildman–Crippen LogP) is 0.730. The summed E-state index contributed by atoms with van der Waals surface area (Å²) in [6.07, 6.45) is 2.80. The predicted molar refractivity (Wildman–Crippen MR) is 65.3 cm³/mol. The molecule has 1 heterocycles. The molecule has 0 spiro atoms. The average molecular weight is 229 g/mol. The Morgan fingerprint density at radius 1 is 1.47 bits per heavy atom. The van der Waals surface area contributed by atoms with Crippen LogP contribution in [0.2, 0.25) is 0 Å². The molecular formula is C12H11N3O2. The number of nitrogens with zero attached hydrogens (tertiary/aromatic N) is 1. The van der Waals surface area contributed by atoms with Crippen molar-refractivity contribution in [1.82, 2.24) is 9.97 Å². The number of rotatable bonds is 2. The van der Waals surface area contributed by atoms with E-state index in [1.807, 2.05) is 0 Å². The van der Waals surface area contributed by atoms with E-state index >= 15 is 0 Å². The summed E-state index contributed by atoms with van der Waals surface area (Å²) < 4.78 is 0. The fraction of sp³-hybridized carbons (Fsp3) is 0.0833. The number of hydrogen-bond acceptors (Lipinski definition) is 3. The zero-order valence-electron chi connectivity index (χ0n) is 9.23. The van der Waals surface area contributed by atoms with Crippen molar-refractivity contribution in [2.75, 3.05) is 0 Å². The quantitative estimate of drug-likeness (QED) is 0.744. The van der Waals surface area contributed by atoms with Crippen LogP contribution in [0.3, 0.4) is 0 Å². The monoisotopic (exact) mass is 229 g/mol. The summed E-state index contributed by atoms with van der Waals surface area (Å²) in [5, 5.41) is 0.488. The van der Waals surface area contributed by atoms with Crippen LogP contribution in [0.4, 0.5) is 0 Å². The van der Waals surface area contributed by atoms with E-state index in [-0.39, 0.29) is 5.56 Å². The second kappa shape index (κ2) is 4.21. The lowest BCUT2D eigenvalue weighted by molar-refractivity contribution is -0.113. The molecule has 3 N–H and O–H groups in total. The van der Waals surface area contributed by atoms with Crippen LogP contribution in [-0.2, 0) is 4.79 Å². The average Bonchev–Trinajstić information content (AvgIpc) is 2.26. The molecule has 17 heavy (non-hydrogen) atoms. The van der Waals surface area contributed by atoms with Crippen molar-refractivity contribution in [2.45, 2.75) is 6.92 Å². The first-order chi connectivity index (χ1) is 8.06. The molecule has 0 aliphatic carbocycles. The van der Waals surface area contributed by atoms with Crippen molar-refractivity contribution in [1.29, 1.82) is 0 Å². The number of fused-ring (bicyclic) bond motifs is 1. The van der Waals surface area contributed by atoms with Crippen LogP contribution < -0.4 is 11.3 Å². The molecule has 0 unspecified atom stereocenters. The molecule has 0 saturated carbocycles. The lowest BCUT2D eigenvalue weighted by Gasteiger charge is -1.99. The van der Waals surface area contributed by atoms with Gasteiger partial charge in [-0.3, -0.25) is 9.59 Å². The van der Waals surface area contributed by atoms with E-state index in [0.29, 0.717) is 16.7 Å². The highest BCUT2D eigenvalue weighted by atomic mass is 16.1. The van der Waals surface area contributed by atoms with E-state index in [9.17, 15) is 9.59 Å². The highest BCUT2D eigenvalue weighted by Gasteiger charge is 2.01. The van der Waals surface area contributed by atoms with E-state index in [1.165, 1.54) is 6.08 Å². The number of H-pyrrole nitrogens is 1. The number of primary amides is 1. The number of nitrogens with one attached hydrogen (secondary N) is 1. The number of benzene rings is 1. The lowest BCUT2D eigenvalue weighted by atomic mass is 10.1. The van der Waals surface area contributed by atoms with Crippen molar-refractivity contribution in [3.63, 3.8) is 0 Å².